The molecule has 2 rings (SSSR count). The molecule has 2 atom stereocenters. The summed E-state index contributed by atoms with van der Waals surface area (Å²) in [5.41, 5.74) is 6.58. The molecule has 2 aromatic rings. The van der Waals surface area contributed by atoms with Gasteiger partial charge < -0.3 is 5.32 Å². The Morgan fingerprint density at radius 1 is 1.00 bits per heavy atom. The van der Waals surface area contributed by atoms with E-state index in [1.807, 2.05) is 6.92 Å². The van der Waals surface area contributed by atoms with Crippen molar-refractivity contribution >= 4 is 11.3 Å². The Hall–Kier alpha value is -1.19. The number of aromatic nitrogens is 1. The summed E-state index contributed by atoms with van der Waals surface area (Å²) in [6.07, 6.45) is 0. The monoisotopic (exact) mass is 288 g/mol. The van der Waals surface area contributed by atoms with Gasteiger partial charge in [-0.15, -0.1) is 11.3 Å². The fourth-order valence-corrected chi connectivity index (χ4v) is 3.79. The van der Waals surface area contributed by atoms with Crippen molar-refractivity contribution in [1.29, 1.82) is 0 Å². The Bertz CT molecular complexity index is 578. The summed E-state index contributed by atoms with van der Waals surface area (Å²) in [5.74, 6) is 0. The van der Waals surface area contributed by atoms with Gasteiger partial charge in [0.2, 0.25) is 0 Å². The van der Waals surface area contributed by atoms with Crippen LogP contribution in [0.5, 0.6) is 0 Å². The van der Waals surface area contributed by atoms with Crippen molar-refractivity contribution in [2.45, 2.75) is 53.6 Å². The van der Waals surface area contributed by atoms with E-state index < -0.39 is 0 Å². The van der Waals surface area contributed by atoms with E-state index in [1.165, 1.54) is 22.3 Å². The summed E-state index contributed by atoms with van der Waals surface area (Å²) in [6, 6.07) is 5.14. The summed E-state index contributed by atoms with van der Waals surface area (Å²) < 4.78 is 0. The van der Waals surface area contributed by atoms with Crippen LogP contribution in [0, 0.1) is 27.7 Å². The molecule has 0 aliphatic rings. The van der Waals surface area contributed by atoms with Gasteiger partial charge in [0, 0.05) is 17.1 Å². The van der Waals surface area contributed by atoms with Crippen LogP contribution >= 0.6 is 11.3 Å². The Balaban J connectivity index is 2.18. The van der Waals surface area contributed by atoms with Gasteiger partial charge in [0.25, 0.3) is 0 Å². The minimum absolute atomic E-state index is 0.281. The van der Waals surface area contributed by atoms with E-state index in [0.717, 1.165) is 10.7 Å². The molecular weight excluding hydrogens is 264 g/mol. The molecule has 0 saturated carbocycles. The van der Waals surface area contributed by atoms with E-state index in [1.54, 1.807) is 11.3 Å². The molecule has 0 fully saturated rings. The van der Waals surface area contributed by atoms with Crippen LogP contribution in [0.1, 0.15) is 58.9 Å². The summed E-state index contributed by atoms with van der Waals surface area (Å²) in [6.45, 7) is 13.0. The molecular formula is C17H24N2S. The lowest BCUT2D eigenvalue weighted by atomic mass is 9.94. The van der Waals surface area contributed by atoms with Crippen LogP contribution in [0.2, 0.25) is 0 Å². The van der Waals surface area contributed by atoms with Crippen LogP contribution in [-0.4, -0.2) is 4.98 Å². The van der Waals surface area contributed by atoms with Crippen molar-refractivity contribution in [2.75, 3.05) is 0 Å². The molecule has 0 aliphatic carbocycles. The fourth-order valence-electron chi connectivity index (χ4n) is 2.97. The third-order valence-corrected chi connectivity index (χ3v) is 4.82. The molecule has 1 aromatic carbocycles. The molecule has 0 radical (unpaired) electrons. The second-order valence-corrected chi connectivity index (χ2v) is 6.64. The summed E-state index contributed by atoms with van der Waals surface area (Å²) >= 11 is 1.73. The quantitative estimate of drug-likeness (QED) is 0.875. The predicted molar refractivity (Wildman–Crippen MR) is 87.5 cm³/mol. The Morgan fingerprint density at radius 2 is 1.60 bits per heavy atom. The van der Waals surface area contributed by atoms with Crippen LogP contribution in [-0.2, 0) is 0 Å². The zero-order chi connectivity index (χ0) is 14.9. The molecule has 0 saturated heterocycles. The molecule has 0 amide bonds. The Morgan fingerprint density at radius 3 is 2.10 bits per heavy atom. The van der Waals surface area contributed by atoms with E-state index in [2.05, 4.69) is 62.4 Å². The maximum Gasteiger partial charge on any atom is 0.110 e. The summed E-state index contributed by atoms with van der Waals surface area (Å²) in [4.78, 5) is 4.57. The van der Waals surface area contributed by atoms with Crippen LogP contribution < -0.4 is 5.32 Å². The minimum Gasteiger partial charge on any atom is -0.301 e. The molecule has 1 heterocycles. The van der Waals surface area contributed by atoms with Crippen molar-refractivity contribution in [3.05, 3.63) is 50.5 Å². The van der Waals surface area contributed by atoms with Crippen molar-refractivity contribution in [3.63, 3.8) is 0 Å². The van der Waals surface area contributed by atoms with Gasteiger partial charge in [-0.1, -0.05) is 17.7 Å². The summed E-state index contributed by atoms with van der Waals surface area (Å²) in [7, 11) is 0. The van der Waals surface area contributed by atoms with E-state index in [0.29, 0.717) is 6.04 Å². The number of rotatable bonds is 4. The molecule has 0 aliphatic heterocycles. The lowest BCUT2D eigenvalue weighted by molar-refractivity contribution is 0.489. The van der Waals surface area contributed by atoms with Gasteiger partial charge in [0.1, 0.15) is 5.01 Å². The topological polar surface area (TPSA) is 24.9 Å². The Kier molecular flexibility index (Phi) is 4.61. The van der Waals surface area contributed by atoms with Crippen molar-refractivity contribution < 1.29 is 0 Å². The molecule has 3 heteroatoms. The van der Waals surface area contributed by atoms with Crippen LogP contribution in [0.25, 0.3) is 0 Å². The first-order chi connectivity index (χ1) is 9.38. The number of aryl methyl sites for hydroxylation is 4. The van der Waals surface area contributed by atoms with Gasteiger partial charge in [-0.25, -0.2) is 4.98 Å². The van der Waals surface area contributed by atoms with Crippen molar-refractivity contribution in [3.8, 4) is 0 Å². The number of nitrogens with one attached hydrogen (secondary N) is 1. The van der Waals surface area contributed by atoms with Crippen LogP contribution in [0.3, 0.4) is 0 Å². The zero-order valence-corrected chi connectivity index (χ0v) is 14.1. The maximum atomic E-state index is 4.57. The number of hydrogen-bond donors (Lipinski definition) is 1. The van der Waals surface area contributed by atoms with Gasteiger partial charge in [0.15, 0.2) is 0 Å². The van der Waals surface area contributed by atoms with Crippen LogP contribution in [0.15, 0.2) is 17.5 Å². The third kappa shape index (κ3) is 3.28. The lowest BCUT2D eigenvalue weighted by Gasteiger charge is -2.23. The molecule has 20 heavy (non-hydrogen) atoms. The average molecular weight is 288 g/mol. The normalized spacial score (nSPS) is 14.3. The summed E-state index contributed by atoms with van der Waals surface area (Å²) in [5, 5.41) is 6.95. The highest BCUT2D eigenvalue weighted by Crippen LogP contribution is 2.26. The molecule has 2 unspecified atom stereocenters. The molecule has 108 valence electrons. The molecule has 1 N–H and O–H groups in total. The smallest absolute Gasteiger partial charge is 0.110 e. The highest BCUT2D eigenvalue weighted by atomic mass is 32.1. The maximum absolute atomic E-state index is 4.57. The first kappa shape index (κ1) is 15.2. The highest BCUT2D eigenvalue weighted by Gasteiger charge is 2.16. The average Bonchev–Trinajstić information content (AvgIpc) is 2.74. The van der Waals surface area contributed by atoms with E-state index in [-0.39, 0.29) is 6.04 Å². The first-order valence-electron chi connectivity index (χ1n) is 7.14. The van der Waals surface area contributed by atoms with Gasteiger partial charge in [-0.3, -0.25) is 0 Å². The largest absolute Gasteiger partial charge is 0.301 e. The molecule has 0 bridgehead atoms. The highest BCUT2D eigenvalue weighted by molar-refractivity contribution is 7.09. The second-order valence-electron chi connectivity index (χ2n) is 5.75. The number of benzene rings is 1. The predicted octanol–water partition coefficient (Wildman–Crippen LogP) is 4.79. The number of nitrogens with zero attached hydrogens (tertiary/aromatic N) is 1. The van der Waals surface area contributed by atoms with Gasteiger partial charge in [-0.2, -0.15) is 0 Å². The number of thiazole rings is 1. The Labute approximate surface area is 126 Å². The third-order valence-electron chi connectivity index (χ3n) is 3.68. The molecule has 1 aromatic heterocycles. The van der Waals surface area contributed by atoms with Gasteiger partial charge >= 0.3 is 0 Å². The minimum atomic E-state index is 0.281. The molecule has 2 nitrogen and oxygen atoms in total. The second kappa shape index (κ2) is 6.06. The number of hydrogen-bond acceptors (Lipinski definition) is 3. The van der Waals surface area contributed by atoms with E-state index >= 15 is 0 Å². The first-order valence-corrected chi connectivity index (χ1v) is 8.02. The lowest BCUT2D eigenvalue weighted by Crippen LogP contribution is -2.23. The van der Waals surface area contributed by atoms with Gasteiger partial charge in [0.05, 0.1) is 6.04 Å². The standard InChI is InChI=1S/C17H24N2S/c1-10-7-11(2)16(12(3)8-10)14(5)19-15(6)17-18-13(4)9-20-17/h7-9,14-15,19H,1-6H3. The van der Waals surface area contributed by atoms with Crippen molar-refractivity contribution in [2.24, 2.45) is 0 Å². The zero-order valence-electron chi connectivity index (χ0n) is 13.2. The molecule has 0 spiro atoms. The SMILES string of the molecule is Cc1cc(C)c(C(C)NC(C)c2nc(C)cs2)c(C)c1. The van der Waals surface area contributed by atoms with E-state index in [9.17, 15) is 0 Å². The van der Waals surface area contributed by atoms with Crippen molar-refractivity contribution in [1.82, 2.24) is 10.3 Å². The van der Waals surface area contributed by atoms with Gasteiger partial charge in [-0.05, 0) is 58.2 Å². The van der Waals surface area contributed by atoms with Crippen LogP contribution in [0.4, 0.5) is 0 Å². The fraction of sp³-hybridized carbons (Fsp3) is 0.471. The van der Waals surface area contributed by atoms with E-state index in [4.69, 9.17) is 0 Å².